The Labute approximate surface area is 133 Å². The van der Waals surface area contributed by atoms with Gasteiger partial charge in [0.2, 0.25) is 0 Å². The molecule has 2 aliphatic carbocycles. The van der Waals surface area contributed by atoms with E-state index in [9.17, 15) is 4.79 Å². The summed E-state index contributed by atoms with van der Waals surface area (Å²) in [6, 6.07) is 0. The third kappa shape index (κ3) is 3.29. The lowest BCUT2D eigenvalue weighted by molar-refractivity contribution is -0.145. The number of esters is 1. The maximum Gasteiger partial charge on any atom is 0.314 e. The van der Waals surface area contributed by atoms with Crippen LogP contribution < -0.4 is 0 Å². The molecule has 0 aromatic rings. The van der Waals surface area contributed by atoms with E-state index in [0.29, 0.717) is 18.1 Å². The Morgan fingerprint density at radius 1 is 1.27 bits per heavy atom. The Balaban J connectivity index is 1.62. The summed E-state index contributed by atoms with van der Waals surface area (Å²) in [7, 11) is 0. The summed E-state index contributed by atoms with van der Waals surface area (Å²) in [5.74, 6) is 1.56. The number of epoxide rings is 1. The van der Waals surface area contributed by atoms with Crippen molar-refractivity contribution in [2.75, 3.05) is 0 Å². The fourth-order valence-electron chi connectivity index (χ4n) is 3.98. The van der Waals surface area contributed by atoms with Crippen LogP contribution in [0.4, 0.5) is 0 Å². The van der Waals surface area contributed by atoms with E-state index in [1.54, 1.807) is 0 Å². The molecule has 3 heteroatoms. The first kappa shape index (κ1) is 15.8. The van der Waals surface area contributed by atoms with Gasteiger partial charge >= 0.3 is 5.97 Å². The molecule has 0 bridgehead atoms. The van der Waals surface area contributed by atoms with Crippen molar-refractivity contribution < 1.29 is 14.3 Å². The van der Waals surface area contributed by atoms with Crippen LogP contribution in [-0.2, 0) is 14.3 Å². The first-order chi connectivity index (χ1) is 10.6. The Bertz CT molecular complexity index is 499. The number of fused-ring (bicyclic) bond motifs is 1. The van der Waals surface area contributed by atoms with Gasteiger partial charge in [-0.15, -0.1) is 0 Å². The van der Waals surface area contributed by atoms with Gasteiger partial charge in [-0.1, -0.05) is 25.5 Å². The zero-order valence-corrected chi connectivity index (χ0v) is 14.1. The number of hydrogen-bond acceptors (Lipinski definition) is 3. The van der Waals surface area contributed by atoms with Crippen LogP contribution in [0.1, 0.15) is 65.7 Å². The molecule has 1 aliphatic heterocycles. The lowest BCUT2D eigenvalue weighted by atomic mass is 9.85. The molecule has 3 unspecified atom stereocenters. The SMILES string of the molecule is CCC(CC)C1=CC(C)=C(OC(=O)C2CCC3OC3C2)CC1. The van der Waals surface area contributed by atoms with Gasteiger partial charge in [-0.05, 0) is 56.9 Å². The van der Waals surface area contributed by atoms with Crippen LogP contribution in [0, 0.1) is 11.8 Å². The van der Waals surface area contributed by atoms with Gasteiger partial charge in [0.25, 0.3) is 0 Å². The van der Waals surface area contributed by atoms with E-state index >= 15 is 0 Å². The van der Waals surface area contributed by atoms with Gasteiger partial charge in [-0.25, -0.2) is 0 Å². The summed E-state index contributed by atoms with van der Waals surface area (Å²) in [6.07, 6.45) is 10.1. The highest BCUT2D eigenvalue weighted by molar-refractivity contribution is 5.74. The minimum atomic E-state index is -0.0392. The molecule has 1 saturated carbocycles. The number of allylic oxidation sites excluding steroid dienone is 4. The summed E-state index contributed by atoms with van der Waals surface area (Å²) in [5, 5.41) is 0. The van der Waals surface area contributed by atoms with Crippen molar-refractivity contribution in [3.63, 3.8) is 0 Å². The molecule has 3 atom stereocenters. The van der Waals surface area contributed by atoms with Gasteiger partial charge in [0.15, 0.2) is 0 Å². The Hall–Kier alpha value is -1.09. The van der Waals surface area contributed by atoms with E-state index in [4.69, 9.17) is 9.47 Å². The Morgan fingerprint density at radius 2 is 2.05 bits per heavy atom. The van der Waals surface area contributed by atoms with Crippen molar-refractivity contribution in [1.29, 1.82) is 0 Å². The summed E-state index contributed by atoms with van der Waals surface area (Å²) in [6.45, 7) is 6.57. The van der Waals surface area contributed by atoms with Crippen molar-refractivity contribution in [3.8, 4) is 0 Å². The zero-order chi connectivity index (χ0) is 15.7. The third-order valence-corrected chi connectivity index (χ3v) is 5.55. The lowest BCUT2D eigenvalue weighted by Crippen LogP contribution is -2.24. The normalized spacial score (nSPS) is 30.9. The lowest BCUT2D eigenvalue weighted by Gasteiger charge is -2.24. The van der Waals surface area contributed by atoms with Gasteiger partial charge in [0, 0.05) is 6.42 Å². The van der Waals surface area contributed by atoms with Gasteiger partial charge in [-0.2, -0.15) is 0 Å². The molecule has 2 fully saturated rings. The highest BCUT2D eigenvalue weighted by atomic mass is 16.6. The van der Waals surface area contributed by atoms with E-state index in [1.807, 2.05) is 0 Å². The van der Waals surface area contributed by atoms with Crippen molar-refractivity contribution >= 4 is 5.97 Å². The van der Waals surface area contributed by atoms with Gasteiger partial charge in [0.05, 0.1) is 18.1 Å². The molecule has 122 valence electrons. The molecule has 1 saturated heterocycles. The van der Waals surface area contributed by atoms with Crippen LogP contribution in [0.2, 0.25) is 0 Å². The summed E-state index contributed by atoms with van der Waals surface area (Å²) in [4.78, 5) is 12.4. The summed E-state index contributed by atoms with van der Waals surface area (Å²) in [5.41, 5.74) is 2.66. The first-order valence-electron chi connectivity index (χ1n) is 8.89. The molecule has 0 radical (unpaired) electrons. The van der Waals surface area contributed by atoms with Crippen LogP contribution in [0.3, 0.4) is 0 Å². The largest absolute Gasteiger partial charge is 0.431 e. The summed E-state index contributed by atoms with van der Waals surface area (Å²) < 4.78 is 11.3. The highest BCUT2D eigenvalue weighted by Crippen LogP contribution is 2.40. The van der Waals surface area contributed by atoms with E-state index in [-0.39, 0.29) is 11.9 Å². The predicted molar refractivity (Wildman–Crippen MR) is 86.2 cm³/mol. The van der Waals surface area contributed by atoms with Crippen molar-refractivity contribution in [3.05, 3.63) is 23.0 Å². The average Bonchev–Trinajstić information content (AvgIpc) is 3.29. The predicted octanol–water partition coefficient (Wildman–Crippen LogP) is 4.53. The maximum atomic E-state index is 12.4. The highest BCUT2D eigenvalue weighted by Gasteiger charge is 2.46. The second kappa shape index (κ2) is 6.57. The van der Waals surface area contributed by atoms with Gasteiger partial charge in [-0.3, -0.25) is 4.79 Å². The van der Waals surface area contributed by atoms with Crippen LogP contribution >= 0.6 is 0 Å². The zero-order valence-electron chi connectivity index (χ0n) is 14.1. The van der Waals surface area contributed by atoms with Crippen molar-refractivity contribution in [2.45, 2.75) is 77.9 Å². The van der Waals surface area contributed by atoms with Crippen LogP contribution in [0.25, 0.3) is 0 Å². The second-order valence-electron chi connectivity index (χ2n) is 6.98. The van der Waals surface area contributed by atoms with E-state index < -0.39 is 0 Å². The quantitative estimate of drug-likeness (QED) is 0.553. The number of carbonyl (C=O) groups excluding carboxylic acids is 1. The fraction of sp³-hybridized carbons (Fsp3) is 0.737. The minimum Gasteiger partial charge on any atom is -0.431 e. The van der Waals surface area contributed by atoms with E-state index in [0.717, 1.165) is 43.4 Å². The molecule has 0 aromatic carbocycles. The first-order valence-corrected chi connectivity index (χ1v) is 8.89. The Kier molecular flexibility index (Phi) is 4.72. The molecule has 0 N–H and O–H groups in total. The van der Waals surface area contributed by atoms with E-state index in [2.05, 4.69) is 26.8 Å². The smallest absolute Gasteiger partial charge is 0.314 e. The van der Waals surface area contributed by atoms with Crippen molar-refractivity contribution in [1.82, 2.24) is 0 Å². The van der Waals surface area contributed by atoms with Crippen LogP contribution in [-0.4, -0.2) is 18.2 Å². The molecule has 0 spiro atoms. The maximum absolute atomic E-state index is 12.4. The van der Waals surface area contributed by atoms with Gasteiger partial charge in [0.1, 0.15) is 5.76 Å². The molecule has 3 nitrogen and oxygen atoms in total. The summed E-state index contributed by atoms with van der Waals surface area (Å²) >= 11 is 0. The number of rotatable bonds is 5. The molecule has 3 rings (SSSR count). The van der Waals surface area contributed by atoms with E-state index in [1.165, 1.54) is 18.4 Å². The number of ether oxygens (including phenoxy) is 2. The molecular weight excluding hydrogens is 276 g/mol. The molecule has 3 aliphatic rings. The average molecular weight is 304 g/mol. The standard InChI is InChI=1S/C19H28O3/c1-4-13(5-2)14-6-8-16(12(3)10-14)22-19(20)15-7-9-17-18(11-15)21-17/h10,13,15,17-18H,4-9,11H2,1-3H3. The number of hydrogen-bond donors (Lipinski definition) is 0. The molecule has 0 amide bonds. The molecule has 22 heavy (non-hydrogen) atoms. The fourth-order valence-corrected chi connectivity index (χ4v) is 3.98. The minimum absolute atomic E-state index is 0.0356. The monoisotopic (exact) mass is 304 g/mol. The second-order valence-corrected chi connectivity index (χ2v) is 6.98. The van der Waals surface area contributed by atoms with Crippen LogP contribution in [0.15, 0.2) is 23.0 Å². The molecule has 1 heterocycles. The number of carbonyl (C=O) groups is 1. The molecule has 0 aromatic heterocycles. The van der Waals surface area contributed by atoms with Crippen LogP contribution in [0.5, 0.6) is 0 Å². The topological polar surface area (TPSA) is 38.8 Å². The third-order valence-electron chi connectivity index (χ3n) is 5.55. The molecular formula is C19H28O3. The van der Waals surface area contributed by atoms with Gasteiger partial charge < -0.3 is 9.47 Å². The van der Waals surface area contributed by atoms with Crippen molar-refractivity contribution in [2.24, 2.45) is 11.8 Å². The Morgan fingerprint density at radius 3 is 2.68 bits per heavy atom.